The summed E-state index contributed by atoms with van der Waals surface area (Å²) < 4.78 is 0. The fourth-order valence-corrected chi connectivity index (χ4v) is 3.86. The van der Waals surface area contributed by atoms with Crippen LogP contribution in [0.2, 0.25) is 0 Å². The number of carbonyl (C=O) groups excluding carboxylic acids is 2. The lowest BCUT2D eigenvalue weighted by molar-refractivity contribution is -0.140. The fraction of sp³-hybridized carbons (Fsp3) is 0.867. The number of nitrogens with one attached hydrogen (secondary N) is 2. The molecule has 1 aliphatic carbocycles. The van der Waals surface area contributed by atoms with E-state index in [4.69, 9.17) is 0 Å². The van der Waals surface area contributed by atoms with Gasteiger partial charge in [0.1, 0.15) is 5.54 Å². The molecule has 1 saturated carbocycles. The van der Waals surface area contributed by atoms with Gasteiger partial charge in [0.15, 0.2) is 0 Å². The molecular formula is C15H28ClN3O2. The Morgan fingerprint density at radius 3 is 2.43 bits per heavy atom. The summed E-state index contributed by atoms with van der Waals surface area (Å²) in [6.45, 7) is 3.44. The third-order valence-corrected chi connectivity index (χ3v) is 4.79. The van der Waals surface area contributed by atoms with Crippen molar-refractivity contribution in [3.05, 3.63) is 0 Å². The topological polar surface area (TPSA) is 61.4 Å². The highest BCUT2D eigenvalue weighted by Crippen LogP contribution is 2.38. The van der Waals surface area contributed by atoms with Crippen molar-refractivity contribution in [2.45, 2.75) is 63.5 Å². The molecule has 0 aromatic heterocycles. The minimum absolute atomic E-state index is 0. The van der Waals surface area contributed by atoms with E-state index in [9.17, 15) is 9.59 Å². The lowest BCUT2D eigenvalue weighted by Crippen LogP contribution is -2.62. The molecular weight excluding hydrogens is 290 g/mol. The van der Waals surface area contributed by atoms with Crippen LogP contribution in [0.1, 0.15) is 51.9 Å². The quantitative estimate of drug-likeness (QED) is 0.825. The van der Waals surface area contributed by atoms with Crippen LogP contribution in [0.4, 0.5) is 0 Å². The van der Waals surface area contributed by atoms with Crippen LogP contribution in [0.3, 0.4) is 0 Å². The zero-order valence-corrected chi connectivity index (χ0v) is 13.9. The first kappa shape index (κ1) is 18.2. The number of likely N-dealkylation sites (tertiary alicyclic amines) is 1. The Morgan fingerprint density at radius 2 is 1.86 bits per heavy atom. The minimum Gasteiger partial charge on any atom is -0.358 e. The molecule has 2 fully saturated rings. The van der Waals surface area contributed by atoms with Gasteiger partial charge in [-0.05, 0) is 32.6 Å². The molecule has 2 amide bonds. The van der Waals surface area contributed by atoms with Crippen molar-refractivity contribution in [3.8, 4) is 0 Å². The molecule has 1 atom stereocenters. The van der Waals surface area contributed by atoms with Crippen molar-refractivity contribution < 1.29 is 9.59 Å². The summed E-state index contributed by atoms with van der Waals surface area (Å²) in [5, 5.41) is 5.75. The predicted molar refractivity (Wildman–Crippen MR) is 85.5 cm³/mol. The number of nitrogens with zero attached hydrogens (tertiary/aromatic N) is 1. The van der Waals surface area contributed by atoms with Gasteiger partial charge in [-0.3, -0.25) is 14.5 Å². The van der Waals surface area contributed by atoms with E-state index in [1.807, 2.05) is 6.92 Å². The highest BCUT2D eigenvalue weighted by Gasteiger charge is 2.49. The first-order valence-electron chi connectivity index (χ1n) is 7.92. The van der Waals surface area contributed by atoms with Crippen LogP contribution in [-0.4, -0.2) is 48.4 Å². The third-order valence-electron chi connectivity index (χ3n) is 4.79. The summed E-state index contributed by atoms with van der Waals surface area (Å²) in [4.78, 5) is 27.0. The second-order valence-corrected chi connectivity index (χ2v) is 5.92. The first-order chi connectivity index (χ1) is 9.65. The number of carbonyl (C=O) groups is 2. The molecule has 1 heterocycles. The fourth-order valence-electron chi connectivity index (χ4n) is 3.86. The minimum atomic E-state index is -0.459. The zero-order valence-electron chi connectivity index (χ0n) is 13.1. The first-order valence-corrected chi connectivity index (χ1v) is 7.92. The van der Waals surface area contributed by atoms with Gasteiger partial charge >= 0.3 is 0 Å². The van der Waals surface area contributed by atoms with E-state index in [1.165, 1.54) is 6.42 Å². The van der Waals surface area contributed by atoms with Gasteiger partial charge in [-0.15, -0.1) is 12.4 Å². The summed E-state index contributed by atoms with van der Waals surface area (Å²) in [7, 11) is 1.70. The van der Waals surface area contributed by atoms with Crippen molar-refractivity contribution in [1.29, 1.82) is 0 Å². The Morgan fingerprint density at radius 1 is 1.19 bits per heavy atom. The van der Waals surface area contributed by atoms with Crippen molar-refractivity contribution in [2.75, 3.05) is 20.1 Å². The second-order valence-electron chi connectivity index (χ2n) is 5.92. The van der Waals surface area contributed by atoms with Crippen molar-refractivity contribution in [1.82, 2.24) is 15.5 Å². The predicted octanol–water partition coefficient (Wildman–Crippen LogP) is 1.46. The van der Waals surface area contributed by atoms with Crippen LogP contribution in [0.25, 0.3) is 0 Å². The van der Waals surface area contributed by atoms with Crippen LogP contribution >= 0.6 is 12.4 Å². The number of hydrogen-bond donors (Lipinski definition) is 2. The maximum atomic E-state index is 12.5. The lowest BCUT2D eigenvalue weighted by Gasteiger charge is -2.45. The average Bonchev–Trinajstić information content (AvgIpc) is 2.97. The number of halogens is 1. The van der Waals surface area contributed by atoms with Gasteiger partial charge < -0.3 is 10.6 Å². The van der Waals surface area contributed by atoms with Gasteiger partial charge in [0.2, 0.25) is 11.8 Å². The lowest BCUT2D eigenvalue weighted by atomic mass is 9.79. The highest BCUT2D eigenvalue weighted by molar-refractivity contribution is 5.88. The Labute approximate surface area is 133 Å². The molecule has 5 nitrogen and oxygen atoms in total. The number of rotatable bonds is 4. The van der Waals surface area contributed by atoms with Crippen LogP contribution in [0.15, 0.2) is 0 Å². The van der Waals surface area contributed by atoms with E-state index in [2.05, 4.69) is 15.5 Å². The van der Waals surface area contributed by atoms with Gasteiger partial charge in [0.25, 0.3) is 0 Å². The molecule has 2 rings (SSSR count). The van der Waals surface area contributed by atoms with Gasteiger partial charge in [0, 0.05) is 20.1 Å². The summed E-state index contributed by atoms with van der Waals surface area (Å²) in [6.07, 6.45) is 6.97. The average molecular weight is 318 g/mol. The molecule has 122 valence electrons. The van der Waals surface area contributed by atoms with E-state index >= 15 is 0 Å². The van der Waals surface area contributed by atoms with Crippen LogP contribution in [0, 0.1) is 0 Å². The SMILES string of the molecule is CCNC(=O)[C@@H]1CCCN1C1(C(=O)NC)CCCCC1.Cl. The number of likely N-dealkylation sites (N-methyl/N-ethyl adjacent to an activating group) is 2. The standard InChI is InChI=1S/C15H27N3O2.ClH/c1-3-17-13(19)12-8-7-11-18(12)15(14(20)16-2)9-5-4-6-10-15;/h12H,3-11H2,1-2H3,(H,16,20)(H,17,19);1H/t12-;/m0./s1. The molecule has 0 spiro atoms. The van der Waals surface area contributed by atoms with E-state index in [-0.39, 0.29) is 30.3 Å². The molecule has 21 heavy (non-hydrogen) atoms. The summed E-state index contributed by atoms with van der Waals surface area (Å²) >= 11 is 0. The van der Waals surface area contributed by atoms with Gasteiger partial charge in [-0.2, -0.15) is 0 Å². The summed E-state index contributed by atoms with van der Waals surface area (Å²) in [5.74, 6) is 0.173. The smallest absolute Gasteiger partial charge is 0.240 e. The van der Waals surface area contributed by atoms with Gasteiger partial charge in [-0.25, -0.2) is 0 Å². The Balaban J connectivity index is 0.00000220. The van der Waals surface area contributed by atoms with Crippen LogP contribution in [-0.2, 0) is 9.59 Å². The Kier molecular flexibility index (Phi) is 6.94. The molecule has 0 radical (unpaired) electrons. The molecule has 0 aromatic carbocycles. The molecule has 0 aromatic rings. The zero-order chi connectivity index (χ0) is 14.6. The third kappa shape index (κ3) is 3.51. The van der Waals surface area contributed by atoms with Crippen LogP contribution < -0.4 is 10.6 Å². The van der Waals surface area contributed by atoms with E-state index < -0.39 is 5.54 Å². The Hall–Kier alpha value is -0.810. The number of hydrogen-bond acceptors (Lipinski definition) is 3. The summed E-state index contributed by atoms with van der Waals surface area (Å²) in [5.41, 5.74) is -0.459. The molecule has 1 saturated heterocycles. The normalized spacial score (nSPS) is 25.0. The van der Waals surface area contributed by atoms with Crippen molar-refractivity contribution in [2.24, 2.45) is 0 Å². The van der Waals surface area contributed by atoms with Crippen molar-refractivity contribution in [3.63, 3.8) is 0 Å². The van der Waals surface area contributed by atoms with E-state index in [1.54, 1.807) is 7.05 Å². The highest BCUT2D eigenvalue weighted by atomic mass is 35.5. The molecule has 0 bridgehead atoms. The summed E-state index contributed by atoms with van der Waals surface area (Å²) in [6, 6.07) is -0.134. The molecule has 6 heteroatoms. The van der Waals surface area contributed by atoms with Crippen LogP contribution in [0.5, 0.6) is 0 Å². The maximum Gasteiger partial charge on any atom is 0.240 e. The number of amides is 2. The maximum absolute atomic E-state index is 12.5. The van der Waals surface area contributed by atoms with E-state index in [0.29, 0.717) is 6.54 Å². The molecule has 2 aliphatic rings. The van der Waals surface area contributed by atoms with Gasteiger partial charge in [0.05, 0.1) is 6.04 Å². The van der Waals surface area contributed by atoms with Gasteiger partial charge in [-0.1, -0.05) is 19.3 Å². The second kappa shape index (κ2) is 7.99. The Bertz CT molecular complexity index is 370. The molecule has 1 aliphatic heterocycles. The monoisotopic (exact) mass is 317 g/mol. The largest absolute Gasteiger partial charge is 0.358 e. The molecule has 0 unspecified atom stereocenters. The van der Waals surface area contributed by atoms with E-state index in [0.717, 1.165) is 45.1 Å². The van der Waals surface area contributed by atoms with Crippen molar-refractivity contribution >= 4 is 24.2 Å². The molecule has 2 N–H and O–H groups in total.